The number of anilines is 1. The van der Waals surface area contributed by atoms with E-state index in [9.17, 15) is 0 Å². The molecule has 0 radical (unpaired) electrons. The van der Waals surface area contributed by atoms with E-state index in [0.29, 0.717) is 0 Å². The van der Waals surface area contributed by atoms with Gasteiger partial charge in [-0.05, 0) is 36.6 Å². The van der Waals surface area contributed by atoms with Crippen molar-refractivity contribution in [1.29, 1.82) is 0 Å². The van der Waals surface area contributed by atoms with Gasteiger partial charge in [0.25, 0.3) is 0 Å². The number of benzene rings is 1. The average Bonchev–Trinajstić information content (AvgIpc) is 2.25. The van der Waals surface area contributed by atoms with Crippen LogP contribution in [0.1, 0.15) is 20.3 Å². The number of ether oxygens (including phenoxy) is 1. The standard InChI is InChI=1S/C13H20BrNO/c1-11(2)7-9-16-10-8-15-13-5-3-12(14)4-6-13/h3-6,11,15H,7-10H2,1-2H3. The molecule has 0 spiro atoms. The lowest BCUT2D eigenvalue weighted by atomic mass is 10.1. The lowest BCUT2D eigenvalue weighted by Gasteiger charge is -2.08. The van der Waals surface area contributed by atoms with Crippen molar-refractivity contribution >= 4 is 21.6 Å². The predicted molar refractivity (Wildman–Crippen MR) is 72.9 cm³/mol. The van der Waals surface area contributed by atoms with Crippen LogP contribution in [-0.4, -0.2) is 19.8 Å². The van der Waals surface area contributed by atoms with E-state index in [0.717, 1.165) is 42.3 Å². The molecule has 0 amide bonds. The maximum atomic E-state index is 5.52. The lowest BCUT2D eigenvalue weighted by Crippen LogP contribution is -2.10. The molecule has 16 heavy (non-hydrogen) atoms. The molecule has 0 saturated heterocycles. The van der Waals surface area contributed by atoms with Gasteiger partial charge in [0.15, 0.2) is 0 Å². The summed E-state index contributed by atoms with van der Waals surface area (Å²) in [5.74, 6) is 0.722. The summed E-state index contributed by atoms with van der Waals surface area (Å²) >= 11 is 3.41. The summed E-state index contributed by atoms with van der Waals surface area (Å²) < 4.78 is 6.62. The van der Waals surface area contributed by atoms with Crippen LogP contribution >= 0.6 is 15.9 Å². The summed E-state index contributed by atoms with van der Waals surface area (Å²) in [6.07, 6.45) is 1.14. The summed E-state index contributed by atoms with van der Waals surface area (Å²) in [6.45, 7) is 6.91. The third-order valence-electron chi connectivity index (χ3n) is 2.26. The molecular weight excluding hydrogens is 266 g/mol. The highest BCUT2D eigenvalue weighted by Gasteiger charge is 1.94. The SMILES string of the molecule is CC(C)CCOCCNc1ccc(Br)cc1. The van der Waals surface area contributed by atoms with Crippen molar-refractivity contribution in [3.63, 3.8) is 0 Å². The molecule has 1 aromatic carbocycles. The maximum Gasteiger partial charge on any atom is 0.0639 e. The number of hydrogen-bond donors (Lipinski definition) is 1. The van der Waals surface area contributed by atoms with E-state index in [1.807, 2.05) is 12.1 Å². The molecule has 0 aliphatic heterocycles. The first-order chi connectivity index (χ1) is 7.68. The van der Waals surface area contributed by atoms with Crippen molar-refractivity contribution in [3.05, 3.63) is 28.7 Å². The predicted octanol–water partition coefficient (Wildman–Crippen LogP) is 3.92. The average molecular weight is 286 g/mol. The second-order valence-corrected chi connectivity index (χ2v) is 5.14. The van der Waals surface area contributed by atoms with Crippen molar-refractivity contribution < 1.29 is 4.74 Å². The van der Waals surface area contributed by atoms with Crippen LogP contribution in [0.3, 0.4) is 0 Å². The van der Waals surface area contributed by atoms with Crippen molar-refractivity contribution in [2.24, 2.45) is 5.92 Å². The third-order valence-corrected chi connectivity index (χ3v) is 2.79. The minimum Gasteiger partial charge on any atom is -0.383 e. The zero-order chi connectivity index (χ0) is 11.8. The van der Waals surface area contributed by atoms with Gasteiger partial charge in [-0.2, -0.15) is 0 Å². The second kappa shape index (κ2) is 7.69. The summed E-state index contributed by atoms with van der Waals surface area (Å²) in [7, 11) is 0. The van der Waals surface area contributed by atoms with Crippen LogP contribution in [0.4, 0.5) is 5.69 Å². The fraction of sp³-hybridized carbons (Fsp3) is 0.538. The molecule has 2 nitrogen and oxygen atoms in total. The first kappa shape index (κ1) is 13.5. The molecule has 0 aliphatic rings. The van der Waals surface area contributed by atoms with E-state index >= 15 is 0 Å². The zero-order valence-corrected chi connectivity index (χ0v) is 11.6. The van der Waals surface area contributed by atoms with Crippen LogP contribution in [0.15, 0.2) is 28.7 Å². The van der Waals surface area contributed by atoms with Gasteiger partial charge in [0.1, 0.15) is 0 Å². The Bertz CT molecular complexity index is 284. The van der Waals surface area contributed by atoms with E-state index in [2.05, 4.69) is 47.2 Å². The normalized spacial score (nSPS) is 10.8. The van der Waals surface area contributed by atoms with Gasteiger partial charge >= 0.3 is 0 Å². The number of halogens is 1. The van der Waals surface area contributed by atoms with Crippen LogP contribution in [0.2, 0.25) is 0 Å². The molecule has 0 aromatic heterocycles. The van der Waals surface area contributed by atoms with E-state index < -0.39 is 0 Å². The fourth-order valence-corrected chi connectivity index (χ4v) is 1.52. The van der Waals surface area contributed by atoms with Crippen molar-refractivity contribution in [2.45, 2.75) is 20.3 Å². The number of rotatable bonds is 7. The molecule has 1 rings (SSSR count). The van der Waals surface area contributed by atoms with Crippen LogP contribution in [0.25, 0.3) is 0 Å². The molecule has 90 valence electrons. The third kappa shape index (κ3) is 6.13. The molecule has 0 fully saturated rings. The van der Waals surface area contributed by atoms with Crippen molar-refractivity contribution in [3.8, 4) is 0 Å². The Balaban J connectivity index is 2.05. The van der Waals surface area contributed by atoms with Gasteiger partial charge in [-0.15, -0.1) is 0 Å². The Hall–Kier alpha value is -0.540. The molecule has 0 unspecified atom stereocenters. The first-order valence-electron chi connectivity index (χ1n) is 5.75. The summed E-state index contributed by atoms with van der Waals surface area (Å²) in [5, 5.41) is 3.31. The highest BCUT2D eigenvalue weighted by molar-refractivity contribution is 9.10. The largest absolute Gasteiger partial charge is 0.383 e. The molecule has 0 saturated carbocycles. The van der Waals surface area contributed by atoms with Gasteiger partial charge in [-0.3, -0.25) is 0 Å². The molecular formula is C13H20BrNO. The molecule has 0 heterocycles. The second-order valence-electron chi connectivity index (χ2n) is 4.23. The van der Waals surface area contributed by atoms with Crippen molar-refractivity contribution in [2.75, 3.05) is 25.1 Å². The maximum absolute atomic E-state index is 5.52. The van der Waals surface area contributed by atoms with Gasteiger partial charge in [0.05, 0.1) is 6.61 Å². The van der Waals surface area contributed by atoms with Gasteiger partial charge in [0, 0.05) is 23.3 Å². The van der Waals surface area contributed by atoms with Crippen LogP contribution < -0.4 is 5.32 Å². The molecule has 0 bridgehead atoms. The summed E-state index contributed by atoms with van der Waals surface area (Å²) in [4.78, 5) is 0. The Morgan fingerprint density at radius 2 is 1.88 bits per heavy atom. The highest BCUT2D eigenvalue weighted by atomic mass is 79.9. The van der Waals surface area contributed by atoms with Gasteiger partial charge in [0.2, 0.25) is 0 Å². The van der Waals surface area contributed by atoms with Crippen LogP contribution in [-0.2, 0) is 4.74 Å². The Kier molecular flexibility index (Phi) is 6.50. The monoisotopic (exact) mass is 285 g/mol. The van der Waals surface area contributed by atoms with E-state index in [-0.39, 0.29) is 0 Å². The summed E-state index contributed by atoms with van der Waals surface area (Å²) in [5.41, 5.74) is 1.13. The Morgan fingerprint density at radius 3 is 2.50 bits per heavy atom. The Morgan fingerprint density at radius 1 is 1.19 bits per heavy atom. The number of hydrogen-bond acceptors (Lipinski definition) is 2. The topological polar surface area (TPSA) is 21.3 Å². The molecule has 1 N–H and O–H groups in total. The van der Waals surface area contributed by atoms with Crippen LogP contribution in [0.5, 0.6) is 0 Å². The lowest BCUT2D eigenvalue weighted by molar-refractivity contribution is 0.132. The van der Waals surface area contributed by atoms with Gasteiger partial charge < -0.3 is 10.1 Å². The minimum absolute atomic E-state index is 0.722. The quantitative estimate of drug-likeness (QED) is 0.767. The zero-order valence-electron chi connectivity index (χ0n) is 10.0. The van der Waals surface area contributed by atoms with Gasteiger partial charge in [-0.25, -0.2) is 0 Å². The smallest absolute Gasteiger partial charge is 0.0639 e. The van der Waals surface area contributed by atoms with E-state index in [1.165, 1.54) is 0 Å². The summed E-state index contributed by atoms with van der Waals surface area (Å²) in [6, 6.07) is 8.17. The van der Waals surface area contributed by atoms with Crippen LogP contribution in [0, 0.1) is 5.92 Å². The van der Waals surface area contributed by atoms with Gasteiger partial charge in [-0.1, -0.05) is 29.8 Å². The fourth-order valence-electron chi connectivity index (χ4n) is 1.26. The molecule has 1 aromatic rings. The minimum atomic E-state index is 0.722. The van der Waals surface area contributed by atoms with Crippen molar-refractivity contribution in [1.82, 2.24) is 0 Å². The molecule has 0 aliphatic carbocycles. The first-order valence-corrected chi connectivity index (χ1v) is 6.55. The highest BCUT2D eigenvalue weighted by Crippen LogP contribution is 2.13. The number of nitrogens with one attached hydrogen (secondary N) is 1. The molecule has 3 heteroatoms. The van der Waals surface area contributed by atoms with E-state index in [1.54, 1.807) is 0 Å². The van der Waals surface area contributed by atoms with E-state index in [4.69, 9.17) is 4.74 Å². The Labute approximate surface area is 107 Å². The molecule has 0 atom stereocenters.